The van der Waals surface area contributed by atoms with E-state index in [4.69, 9.17) is 10.2 Å². The lowest BCUT2D eigenvalue weighted by atomic mass is 10.2. The van der Waals surface area contributed by atoms with Crippen LogP contribution in [0.5, 0.6) is 5.75 Å². The number of phenolic OH excluding ortho intramolecular Hbond substituents is 1. The molecule has 2 aromatic heterocycles. The molecule has 2 aromatic carbocycles. The van der Waals surface area contributed by atoms with Gasteiger partial charge in [0, 0.05) is 5.39 Å². The van der Waals surface area contributed by atoms with Crippen molar-refractivity contribution in [3.63, 3.8) is 0 Å². The average molecular weight is 466 g/mol. The van der Waals surface area contributed by atoms with Crippen LogP contribution in [0.25, 0.3) is 21.9 Å². The maximum atomic E-state index is 13.0. The number of fused-ring (bicyclic) bond motifs is 3. The molecule has 0 saturated heterocycles. The fourth-order valence-corrected chi connectivity index (χ4v) is 5.88. The summed E-state index contributed by atoms with van der Waals surface area (Å²) in [5, 5.41) is 32.0. The second kappa shape index (κ2) is 6.66. The van der Waals surface area contributed by atoms with Crippen LogP contribution in [0.4, 0.5) is 0 Å². The van der Waals surface area contributed by atoms with Gasteiger partial charge in [-0.15, -0.1) is 10.2 Å². The lowest BCUT2D eigenvalue weighted by Crippen LogP contribution is -2.12. The Morgan fingerprint density at radius 1 is 0.933 bits per heavy atom. The van der Waals surface area contributed by atoms with E-state index < -0.39 is 36.5 Å². The highest BCUT2D eigenvalue weighted by Gasteiger charge is 2.27. The maximum absolute atomic E-state index is 13.0. The summed E-state index contributed by atoms with van der Waals surface area (Å²) in [5.41, 5.74) is -0.247. The van der Waals surface area contributed by atoms with Gasteiger partial charge in [-0.3, -0.25) is 0 Å². The third kappa shape index (κ3) is 3.06. The van der Waals surface area contributed by atoms with Crippen LogP contribution in [-0.2, 0) is 19.9 Å². The van der Waals surface area contributed by atoms with Crippen molar-refractivity contribution in [2.45, 2.75) is 14.0 Å². The molecule has 4 aromatic rings. The molecular formula is C16H10N4O7S3. The van der Waals surface area contributed by atoms with Gasteiger partial charge in [-0.2, -0.15) is 4.37 Å². The number of aromatic hydroxyl groups is 1. The van der Waals surface area contributed by atoms with Gasteiger partial charge in [-0.1, -0.05) is 0 Å². The van der Waals surface area contributed by atoms with Crippen molar-refractivity contribution < 1.29 is 31.8 Å². The molecule has 0 aliphatic rings. The third-order valence-electron chi connectivity index (χ3n) is 4.22. The number of rotatable bonds is 4. The Kier molecular flexibility index (Phi) is 4.46. The first-order valence-corrected chi connectivity index (χ1v) is 11.7. The zero-order valence-corrected chi connectivity index (χ0v) is 17.0. The van der Waals surface area contributed by atoms with E-state index in [1.165, 1.54) is 6.07 Å². The van der Waals surface area contributed by atoms with Gasteiger partial charge in [-0.25, -0.2) is 26.8 Å². The molecule has 154 valence electrons. The van der Waals surface area contributed by atoms with Crippen LogP contribution >= 0.6 is 11.5 Å². The van der Waals surface area contributed by atoms with Crippen molar-refractivity contribution in [3.8, 4) is 5.75 Å². The summed E-state index contributed by atoms with van der Waals surface area (Å²) in [7, 11) is -8.31. The number of benzene rings is 2. The van der Waals surface area contributed by atoms with Gasteiger partial charge >= 0.3 is 5.97 Å². The molecule has 30 heavy (non-hydrogen) atoms. The summed E-state index contributed by atoms with van der Waals surface area (Å²) in [6, 6.07) is 6.99. The molecule has 0 radical (unpaired) electrons. The van der Waals surface area contributed by atoms with E-state index in [2.05, 4.69) is 14.6 Å². The Morgan fingerprint density at radius 2 is 1.57 bits per heavy atom. The van der Waals surface area contributed by atoms with Gasteiger partial charge in [0.1, 0.15) is 21.4 Å². The Hall–Kier alpha value is -3.20. The van der Waals surface area contributed by atoms with E-state index >= 15 is 0 Å². The minimum absolute atomic E-state index is 0.0717. The molecule has 4 N–H and O–H groups in total. The number of phenols is 1. The molecule has 0 aliphatic carbocycles. The van der Waals surface area contributed by atoms with Crippen LogP contribution in [0.15, 0.2) is 50.4 Å². The number of aromatic nitrogens is 3. The number of nitrogens with two attached hydrogens (primary N) is 1. The fourth-order valence-electron chi connectivity index (χ4n) is 2.78. The smallest absolute Gasteiger partial charge is 0.335 e. The summed E-state index contributed by atoms with van der Waals surface area (Å²) in [6.45, 7) is 0. The van der Waals surface area contributed by atoms with Gasteiger partial charge in [0.15, 0.2) is 9.96 Å². The first-order valence-electron chi connectivity index (χ1n) is 7.91. The number of carboxylic acids is 1. The molecule has 14 heteroatoms. The molecule has 0 bridgehead atoms. The maximum Gasteiger partial charge on any atom is 0.335 e. The van der Waals surface area contributed by atoms with Crippen LogP contribution in [-0.4, -0.2) is 47.6 Å². The van der Waals surface area contributed by atoms with Crippen molar-refractivity contribution in [3.05, 3.63) is 42.0 Å². The Bertz CT molecular complexity index is 1560. The van der Waals surface area contributed by atoms with Crippen molar-refractivity contribution >= 4 is 59.3 Å². The molecule has 0 amide bonds. The van der Waals surface area contributed by atoms with Crippen molar-refractivity contribution in [1.82, 2.24) is 14.6 Å². The fraction of sp³-hybridized carbons (Fsp3) is 0. The number of nitrogens with zero attached hydrogens (tertiary/aromatic N) is 3. The van der Waals surface area contributed by atoms with E-state index in [0.717, 1.165) is 30.3 Å². The van der Waals surface area contributed by atoms with Crippen LogP contribution in [0.2, 0.25) is 0 Å². The molecule has 2 heterocycles. The van der Waals surface area contributed by atoms with Crippen LogP contribution in [0.3, 0.4) is 0 Å². The number of sulfone groups is 1. The van der Waals surface area contributed by atoms with E-state index in [9.17, 15) is 26.7 Å². The van der Waals surface area contributed by atoms with Crippen LogP contribution in [0.1, 0.15) is 10.4 Å². The summed E-state index contributed by atoms with van der Waals surface area (Å²) in [5.74, 6) is -1.91. The van der Waals surface area contributed by atoms with E-state index in [0.29, 0.717) is 11.5 Å². The zero-order chi connectivity index (χ0) is 21.8. The minimum Gasteiger partial charge on any atom is -0.504 e. The normalized spacial score (nSPS) is 12.4. The third-order valence-corrected chi connectivity index (χ3v) is 8.25. The largest absolute Gasteiger partial charge is 0.504 e. The van der Waals surface area contributed by atoms with Crippen LogP contribution < -0.4 is 5.14 Å². The Labute approximate surface area is 172 Å². The summed E-state index contributed by atoms with van der Waals surface area (Å²) in [4.78, 5) is 10.3. The van der Waals surface area contributed by atoms with Gasteiger partial charge < -0.3 is 10.2 Å². The molecule has 4 rings (SSSR count). The molecular weight excluding hydrogens is 456 g/mol. The van der Waals surface area contributed by atoms with Crippen molar-refractivity contribution in [2.24, 2.45) is 5.14 Å². The van der Waals surface area contributed by atoms with E-state index in [1.807, 2.05) is 0 Å². The average Bonchev–Trinajstić information content (AvgIpc) is 3.12. The zero-order valence-electron chi connectivity index (χ0n) is 14.5. The number of hydrogen-bond acceptors (Lipinski definition) is 10. The number of sulfonamides is 1. The predicted octanol–water partition coefficient (Wildman–Crippen LogP) is 1.12. The quantitative estimate of drug-likeness (QED) is 0.393. The van der Waals surface area contributed by atoms with Crippen LogP contribution in [0, 0.1) is 0 Å². The lowest BCUT2D eigenvalue weighted by molar-refractivity contribution is 0.0696. The highest BCUT2D eigenvalue weighted by Crippen LogP contribution is 2.37. The first kappa shape index (κ1) is 20.1. The Morgan fingerprint density at radius 3 is 2.17 bits per heavy atom. The summed E-state index contributed by atoms with van der Waals surface area (Å²) < 4.78 is 53.0. The molecule has 0 saturated carbocycles. The SMILES string of the molecule is NS(=O)(=O)c1ccc2c(nnc3c(S(=O)(=O)c4ccc(C(=O)O)cc4)snc32)c1O. The topological polar surface area (TPSA) is 190 Å². The predicted molar refractivity (Wildman–Crippen MR) is 105 cm³/mol. The highest BCUT2D eigenvalue weighted by molar-refractivity contribution is 7.93. The van der Waals surface area contributed by atoms with Gasteiger partial charge in [0.05, 0.1) is 10.5 Å². The first-order chi connectivity index (χ1) is 14.0. The number of carbonyl (C=O) groups is 1. The van der Waals surface area contributed by atoms with E-state index in [-0.39, 0.29) is 36.6 Å². The number of aromatic carboxylic acids is 1. The number of primary sulfonamides is 1. The molecule has 0 fully saturated rings. The second-order valence-electron chi connectivity index (χ2n) is 6.05. The van der Waals surface area contributed by atoms with Crippen molar-refractivity contribution in [2.75, 3.05) is 0 Å². The molecule has 11 nitrogen and oxygen atoms in total. The molecule has 0 spiro atoms. The standard InChI is InChI=1S/C16H10N4O7S3/c17-30(26,27)10-6-5-9-11-13(19-18-12(9)14(10)21)16(28-20-11)29(24,25)8-3-1-7(2-4-8)15(22)23/h1-6,21H,(H,22,23)(H2,17,26,27). The second-order valence-corrected chi connectivity index (χ2v) is 10.5. The molecule has 0 aliphatic heterocycles. The van der Waals surface area contributed by atoms with E-state index in [1.54, 1.807) is 0 Å². The Balaban J connectivity index is 1.92. The minimum atomic E-state index is -4.22. The highest BCUT2D eigenvalue weighted by atomic mass is 32.2. The number of hydrogen-bond donors (Lipinski definition) is 3. The molecule has 0 unspecified atom stereocenters. The monoisotopic (exact) mass is 466 g/mol. The number of carboxylic acid groups (broad SMARTS) is 1. The van der Waals surface area contributed by atoms with Crippen molar-refractivity contribution in [1.29, 1.82) is 0 Å². The van der Waals surface area contributed by atoms with Gasteiger partial charge in [0.2, 0.25) is 19.9 Å². The summed E-state index contributed by atoms with van der Waals surface area (Å²) in [6.07, 6.45) is 0. The van der Waals surface area contributed by atoms with Gasteiger partial charge in [0.25, 0.3) is 0 Å². The summed E-state index contributed by atoms with van der Waals surface area (Å²) >= 11 is 0.624. The molecule has 0 atom stereocenters. The lowest BCUT2D eigenvalue weighted by Gasteiger charge is -2.06. The van der Waals surface area contributed by atoms with Gasteiger partial charge in [-0.05, 0) is 47.9 Å².